The minimum absolute atomic E-state index is 0. The number of hydrogen-bond donors (Lipinski definition) is 0. The summed E-state index contributed by atoms with van der Waals surface area (Å²) in [5.74, 6) is 2.69. The van der Waals surface area contributed by atoms with E-state index in [1.807, 2.05) is 94.1 Å². The summed E-state index contributed by atoms with van der Waals surface area (Å²) in [7, 11) is 0. The summed E-state index contributed by atoms with van der Waals surface area (Å²) in [4.78, 5) is 0. The predicted molar refractivity (Wildman–Crippen MR) is 165 cm³/mol. The van der Waals surface area contributed by atoms with Crippen LogP contribution in [0.2, 0.25) is 0 Å². The molecule has 0 N–H and O–H groups in total. The van der Waals surface area contributed by atoms with Gasteiger partial charge in [-0.1, -0.05) is 47.0 Å². The van der Waals surface area contributed by atoms with Crippen LogP contribution in [-0.2, 0) is 17.1 Å². The van der Waals surface area contributed by atoms with Crippen LogP contribution in [0.5, 0.6) is 0 Å². The topological polar surface area (TPSA) is 0 Å². The molecule has 0 atom stereocenters. The first-order chi connectivity index (χ1) is 15.5. The van der Waals surface area contributed by atoms with Crippen molar-refractivity contribution in [2.45, 2.75) is 13.8 Å². The Bertz CT molecular complexity index is 684. The quantitative estimate of drug-likeness (QED) is 0.264. The van der Waals surface area contributed by atoms with Crippen LogP contribution in [0.15, 0.2) is 36.6 Å². The average Bonchev–Trinajstić information content (AvgIpc) is 3.64. The molecule has 4 aliphatic rings. The van der Waals surface area contributed by atoms with E-state index >= 15 is 0 Å². The normalized spacial score (nSPS) is 21.6. The third-order valence-corrected chi connectivity index (χ3v) is 15.5. The number of thioether (sulfide) groups is 8. The minimum atomic E-state index is 0. The fraction of sp³-hybridized carbons (Fsp3) is 0.250. The largest absolute Gasteiger partial charge is 2.00 e. The van der Waals surface area contributed by atoms with Crippen LogP contribution in [-0.4, -0.2) is 25.0 Å². The van der Waals surface area contributed by atoms with E-state index in [9.17, 15) is 0 Å². The zero-order chi connectivity index (χ0) is 23.1. The van der Waals surface area contributed by atoms with Gasteiger partial charge in [-0.25, -0.2) is 0 Å². The fourth-order valence-electron chi connectivity index (χ4n) is 2.83. The van der Waals surface area contributed by atoms with Gasteiger partial charge in [0.15, 0.2) is 0 Å². The van der Waals surface area contributed by atoms with E-state index in [2.05, 4.69) is 90.2 Å². The van der Waals surface area contributed by atoms with Crippen molar-refractivity contribution >= 4 is 94.1 Å². The Morgan fingerprint density at radius 1 is 0.515 bits per heavy atom. The fourth-order valence-corrected chi connectivity index (χ4v) is 12.9. The summed E-state index contributed by atoms with van der Waals surface area (Å²) >= 11 is 15.1. The Hall–Kier alpha value is 2.28. The van der Waals surface area contributed by atoms with Crippen LogP contribution in [0.25, 0.3) is 0 Å². The maximum absolute atomic E-state index is 2.21. The SMILES string of the molecule is CSC1=C(SC)SC(=C(C)[C]2[CH][CH][CH][CH]2)S1.CSC1=C(SC)SC(=C(C)[C]2[CH][CH][CH][CH]2)S1.[Fe+2]. The van der Waals surface area contributed by atoms with E-state index in [0.29, 0.717) is 0 Å². The summed E-state index contributed by atoms with van der Waals surface area (Å²) in [6.07, 6.45) is 25.7. The van der Waals surface area contributed by atoms with Crippen molar-refractivity contribution in [1.29, 1.82) is 0 Å². The van der Waals surface area contributed by atoms with Gasteiger partial charge in [-0.05, 0) is 101 Å². The first-order valence-corrected chi connectivity index (χ1v) is 17.9. The van der Waals surface area contributed by atoms with Gasteiger partial charge in [0.1, 0.15) is 0 Å². The molecule has 0 bridgehead atoms. The minimum Gasteiger partial charge on any atom is -0.121 e. The molecule has 33 heavy (non-hydrogen) atoms. The van der Waals surface area contributed by atoms with Crippen molar-refractivity contribution < 1.29 is 17.1 Å². The van der Waals surface area contributed by atoms with Crippen LogP contribution in [0.4, 0.5) is 0 Å². The van der Waals surface area contributed by atoms with Gasteiger partial charge in [0.25, 0.3) is 0 Å². The Morgan fingerprint density at radius 3 is 0.970 bits per heavy atom. The van der Waals surface area contributed by atoms with Crippen LogP contribution in [0.3, 0.4) is 0 Å². The van der Waals surface area contributed by atoms with Crippen LogP contribution < -0.4 is 0 Å². The molecule has 4 rings (SSSR count). The first kappa shape index (κ1) is 31.5. The predicted octanol–water partition coefficient (Wildman–Crippen LogP) is 9.91. The first-order valence-electron chi connectivity index (χ1n) is 9.74. The molecule has 0 spiro atoms. The monoisotopic (exact) mass is 626 g/mol. The van der Waals surface area contributed by atoms with E-state index in [1.54, 1.807) is 0 Å². The Labute approximate surface area is 247 Å². The average molecular weight is 627 g/mol. The summed E-state index contributed by atoms with van der Waals surface area (Å²) in [6, 6.07) is 0. The van der Waals surface area contributed by atoms with Crippen molar-refractivity contribution in [3.8, 4) is 0 Å². The van der Waals surface area contributed by atoms with Gasteiger partial charge in [0.05, 0.1) is 25.4 Å². The molecule has 2 aliphatic carbocycles. The molecule has 0 aromatic rings. The number of hydrogen-bond acceptors (Lipinski definition) is 8. The number of rotatable bonds is 6. The van der Waals surface area contributed by atoms with Gasteiger partial charge in [0.2, 0.25) is 0 Å². The van der Waals surface area contributed by atoms with Crippen molar-refractivity contribution in [2.24, 2.45) is 0 Å². The molecule has 176 valence electrons. The Balaban J connectivity index is 0.000000227. The van der Waals surface area contributed by atoms with Crippen LogP contribution in [0.1, 0.15) is 13.8 Å². The van der Waals surface area contributed by atoms with Crippen molar-refractivity contribution in [3.05, 3.63) is 99.8 Å². The van der Waals surface area contributed by atoms with Crippen LogP contribution >= 0.6 is 94.1 Å². The zero-order valence-corrected chi connectivity index (χ0v) is 26.9. The second-order valence-electron chi connectivity index (χ2n) is 6.55. The molecule has 2 heterocycles. The summed E-state index contributed by atoms with van der Waals surface area (Å²) < 4.78 is 8.63. The molecular formula is C24H26FeS8+2. The third-order valence-electron chi connectivity index (χ3n) is 4.62. The molecule has 0 unspecified atom stereocenters. The molecule has 0 aromatic heterocycles. The van der Waals surface area contributed by atoms with E-state index in [4.69, 9.17) is 0 Å². The molecule has 2 aliphatic heterocycles. The second kappa shape index (κ2) is 16.3. The van der Waals surface area contributed by atoms with E-state index in [1.165, 1.54) is 48.4 Å². The van der Waals surface area contributed by atoms with Gasteiger partial charge in [-0.2, -0.15) is 0 Å². The Morgan fingerprint density at radius 2 is 0.758 bits per heavy atom. The van der Waals surface area contributed by atoms with Gasteiger partial charge < -0.3 is 0 Å². The molecule has 10 radical (unpaired) electrons. The molecule has 0 amide bonds. The van der Waals surface area contributed by atoms with Gasteiger partial charge in [0, 0.05) is 11.8 Å². The zero-order valence-electron chi connectivity index (χ0n) is 19.2. The Kier molecular flexibility index (Phi) is 15.5. The molecule has 0 aromatic carbocycles. The van der Waals surface area contributed by atoms with Gasteiger partial charge in [-0.3, -0.25) is 0 Å². The van der Waals surface area contributed by atoms with Crippen molar-refractivity contribution in [1.82, 2.24) is 0 Å². The molecule has 9 heteroatoms. The summed E-state index contributed by atoms with van der Waals surface area (Å²) in [5, 5.41) is 0. The molecular weight excluding hydrogens is 601 g/mol. The standard InChI is InChI=1S/2C12H13S4.Fe/c2*1-8(9-6-4-5-7-9)10-15-11(13-2)12(14-3)16-10;/h2*4-7H,1-3H3;/q;;+2. The molecule has 0 saturated heterocycles. The van der Waals surface area contributed by atoms with Gasteiger partial charge >= 0.3 is 17.1 Å². The third kappa shape index (κ3) is 8.64. The maximum atomic E-state index is 2.21. The van der Waals surface area contributed by atoms with Gasteiger partial charge in [-0.15, -0.1) is 47.0 Å². The summed E-state index contributed by atoms with van der Waals surface area (Å²) in [6.45, 7) is 4.43. The maximum Gasteiger partial charge on any atom is 2.00 e. The molecule has 2 fully saturated rings. The van der Waals surface area contributed by atoms with Crippen molar-refractivity contribution in [2.75, 3.05) is 25.0 Å². The van der Waals surface area contributed by atoms with Crippen molar-refractivity contribution in [3.63, 3.8) is 0 Å². The second-order valence-corrected chi connectivity index (χ2v) is 15.4. The molecule has 0 nitrogen and oxygen atoms in total. The van der Waals surface area contributed by atoms with E-state index in [-0.39, 0.29) is 17.1 Å². The van der Waals surface area contributed by atoms with E-state index < -0.39 is 0 Å². The summed E-state index contributed by atoms with van der Waals surface area (Å²) in [5.41, 5.74) is 2.80. The van der Waals surface area contributed by atoms with Crippen LogP contribution in [0, 0.1) is 63.2 Å². The number of allylic oxidation sites excluding steroid dienone is 2. The smallest absolute Gasteiger partial charge is 0.121 e. The van der Waals surface area contributed by atoms with E-state index in [0.717, 1.165) is 0 Å². The molecule has 2 saturated carbocycles.